The molecule has 0 aliphatic carbocycles. The highest BCUT2D eigenvalue weighted by atomic mass is 32.1. The van der Waals surface area contributed by atoms with E-state index >= 15 is 0 Å². The Labute approximate surface area is 104 Å². The van der Waals surface area contributed by atoms with Crippen molar-refractivity contribution in [1.29, 1.82) is 0 Å². The van der Waals surface area contributed by atoms with Gasteiger partial charge in [-0.25, -0.2) is 0 Å². The van der Waals surface area contributed by atoms with E-state index in [9.17, 15) is 0 Å². The van der Waals surface area contributed by atoms with Crippen LogP contribution in [0.5, 0.6) is 0 Å². The minimum absolute atomic E-state index is 0.630. The highest BCUT2D eigenvalue weighted by Crippen LogP contribution is 2.25. The van der Waals surface area contributed by atoms with Gasteiger partial charge in [0.05, 0.1) is 5.69 Å². The molecule has 0 aliphatic heterocycles. The predicted molar refractivity (Wildman–Crippen MR) is 70.3 cm³/mol. The normalized spacial score (nSPS) is 11.2. The molecule has 3 rings (SSSR count). The molecule has 1 aromatic carbocycles. The third kappa shape index (κ3) is 1.43. The zero-order valence-corrected chi connectivity index (χ0v) is 10.5. The molecule has 0 unspecified atom stereocenters. The molecule has 0 fully saturated rings. The van der Waals surface area contributed by atoms with Crippen molar-refractivity contribution in [2.24, 2.45) is 14.1 Å². The summed E-state index contributed by atoms with van der Waals surface area (Å²) in [6.45, 7) is 0. The van der Waals surface area contributed by atoms with Gasteiger partial charge < -0.3 is 9.13 Å². The summed E-state index contributed by atoms with van der Waals surface area (Å²) in [5.41, 5.74) is 2.25. The summed E-state index contributed by atoms with van der Waals surface area (Å²) in [5, 5.41) is 8.28. The Hall–Kier alpha value is -1.88. The Balaban J connectivity index is 2.35. The van der Waals surface area contributed by atoms with Crippen LogP contribution in [0.4, 0.5) is 0 Å². The van der Waals surface area contributed by atoms with E-state index in [-0.39, 0.29) is 0 Å². The van der Waals surface area contributed by atoms with E-state index in [0.717, 1.165) is 11.5 Å². The first-order chi connectivity index (χ1) is 8.18. The van der Waals surface area contributed by atoms with Crippen molar-refractivity contribution in [3.05, 3.63) is 35.1 Å². The minimum Gasteiger partial charge on any atom is -0.341 e. The van der Waals surface area contributed by atoms with E-state index in [1.165, 1.54) is 10.9 Å². The van der Waals surface area contributed by atoms with Crippen LogP contribution in [-0.2, 0) is 14.1 Å². The molecule has 0 aliphatic rings. The molecule has 2 heterocycles. The average Bonchev–Trinajstić information content (AvgIpc) is 2.83. The number of benzene rings is 1. The summed E-state index contributed by atoms with van der Waals surface area (Å²) in [5.74, 6) is 0.855. The van der Waals surface area contributed by atoms with Crippen LogP contribution in [0.25, 0.3) is 22.4 Å². The van der Waals surface area contributed by atoms with Gasteiger partial charge in [0.2, 0.25) is 0 Å². The Bertz CT molecular complexity index is 747. The lowest BCUT2D eigenvalue weighted by Crippen LogP contribution is -1.98. The fourth-order valence-electron chi connectivity index (χ4n) is 2.08. The van der Waals surface area contributed by atoms with E-state index in [1.54, 1.807) is 0 Å². The summed E-state index contributed by atoms with van der Waals surface area (Å²) in [7, 11) is 3.95. The van der Waals surface area contributed by atoms with Gasteiger partial charge in [0.15, 0.2) is 10.6 Å². The third-order valence-corrected chi connectivity index (χ3v) is 3.43. The van der Waals surface area contributed by atoms with Gasteiger partial charge in [-0.1, -0.05) is 18.2 Å². The smallest absolute Gasteiger partial charge is 0.195 e. The predicted octanol–water partition coefficient (Wildman–Crippen LogP) is 2.64. The lowest BCUT2D eigenvalue weighted by atomic mass is 10.2. The largest absolute Gasteiger partial charge is 0.341 e. The second kappa shape index (κ2) is 3.56. The highest BCUT2D eigenvalue weighted by Gasteiger charge is 2.12. The van der Waals surface area contributed by atoms with Crippen LogP contribution in [0.1, 0.15) is 0 Å². The molecule has 0 bridgehead atoms. The number of nitrogens with one attached hydrogen (secondary N) is 1. The maximum absolute atomic E-state index is 5.13. The van der Waals surface area contributed by atoms with Crippen molar-refractivity contribution in [2.45, 2.75) is 0 Å². The van der Waals surface area contributed by atoms with E-state index in [0.29, 0.717) is 4.77 Å². The molecule has 5 heteroatoms. The zero-order chi connectivity index (χ0) is 12.0. The maximum Gasteiger partial charge on any atom is 0.195 e. The van der Waals surface area contributed by atoms with Crippen LogP contribution in [-0.4, -0.2) is 19.3 Å². The topological polar surface area (TPSA) is 38.5 Å². The van der Waals surface area contributed by atoms with Crippen LogP contribution >= 0.6 is 12.2 Å². The van der Waals surface area contributed by atoms with E-state index in [1.807, 2.05) is 30.8 Å². The molecule has 0 saturated heterocycles. The molecule has 4 nitrogen and oxygen atoms in total. The van der Waals surface area contributed by atoms with Gasteiger partial charge in [-0.05, 0) is 24.4 Å². The molecular formula is C12H12N4S. The number of nitrogens with zero attached hydrogens (tertiary/aromatic N) is 3. The molecule has 0 saturated carbocycles. The van der Waals surface area contributed by atoms with Crippen LogP contribution in [0.15, 0.2) is 30.3 Å². The minimum atomic E-state index is 0.630. The number of fused-ring (bicyclic) bond motifs is 1. The van der Waals surface area contributed by atoms with Crippen molar-refractivity contribution in [2.75, 3.05) is 0 Å². The molecule has 0 amide bonds. The van der Waals surface area contributed by atoms with E-state index in [2.05, 4.69) is 33.0 Å². The molecule has 0 atom stereocenters. The van der Waals surface area contributed by atoms with Crippen LogP contribution < -0.4 is 0 Å². The summed E-state index contributed by atoms with van der Waals surface area (Å²) in [6.07, 6.45) is 0. The van der Waals surface area contributed by atoms with Gasteiger partial charge in [-0.2, -0.15) is 5.10 Å². The standard InChI is InChI=1S/C12H12N4S/c1-15-9-6-4-3-5-8(9)7-10(15)11-13-14-12(17)16(11)2/h3-7H,1-2H3,(H,14,17). The molecular weight excluding hydrogens is 232 g/mol. The van der Waals surface area contributed by atoms with Gasteiger partial charge in [0.1, 0.15) is 0 Å². The van der Waals surface area contributed by atoms with Crippen molar-refractivity contribution in [1.82, 2.24) is 19.3 Å². The zero-order valence-electron chi connectivity index (χ0n) is 9.64. The first kappa shape index (κ1) is 10.3. The lowest BCUT2D eigenvalue weighted by Gasteiger charge is -2.02. The number of aromatic nitrogens is 4. The molecule has 0 radical (unpaired) electrons. The van der Waals surface area contributed by atoms with Crippen molar-refractivity contribution in [3.63, 3.8) is 0 Å². The van der Waals surface area contributed by atoms with Crippen molar-refractivity contribution < 1.29 is 0 Å². The summed E-state index contributed by atoms with van der Waals surface area (Å²) in [4.78, 5) is 0. The number of H-pyrrole nitrogens is 1. The highest BCUT2D eigenvalue weighted by molar-refractivity contribution is 7.71. The summed E-state index contributed by atoms with van der Waals surface area (Å²) in [6, 6.07) is 10.4. The number of hydrogen-bond donors (Lipinski definition) is 1. The number of aromatic amines is 1. The van der Waals surface area contributed by atoms with Crippen LogP contribution in [0.3, 0.4) is 0 Å². The summed E-state index contributed by atoms with van der Waals surface area (Å²) < 4.78 is 4.63. The van der Waals surface area contributed by atoms with Gasteiger partial charge in [-0.15, -0.1) is 0 Å². The third-order valence-electron chi connectivity index (χ3n) is 3.06. The first-order valence-corrected chi connectivity index (χ1v) is 5.75. The first-order valence-electron chi connectivity index (χ1n) is 5.34. The molecule has 3 aromatic rings. The van der Waals surface area contributed by atoms with Gasteiger partial charge in [0, 0.05) is 25.0 Å². The lowest BCUT2D eigenvalue weighted by molar-refractivity contribution is 0.876. The fourth-order valence-corrected chi connectivity index (χ4v) is 2.21. The number of para-hydroxylation sites is 1. The van der Waals surface area contributed by atoms with Crippen LogP contribution in [0.2, 0.25) is 0 Å². The molecule has 86 valence electrons. The van der Waals surface area contributed by atoms with Gasteiger partial charge in [-0.3, -0.25) is 5.10 Å². The fraction of sp³-hybridized carbons (Fsp3) is 0.167. The Kier molecular flexibility index (Phi) is 2.16. The number of rotatable bonds is 1. The number of hydrogen-bond acceptors (Lipinski definition) is 2. The summed E-state index contributed by atoms with van der Waals surface area (Å²) >= 11 is 5.13. The Morgan fingerprint density at radius 3 is 2.59 bits per heavy atom. The Morgan fingerprint density at radius 1 is 1.18 bits per heavy atom. The Morgan fingerprint density at radius 2 is 1.94 bits per heavy atom. The maximum atomic E-state index is 5.13. The molecule has 2 aromatic heterocycles. The van der Waals surface area contributed by atoms with E-state index < -0.39 is 0 Å². The molecule has 0 spiro atoms. The monoisotopic (exact) mass is 244 g/mol. The van der Waals surface area contributed by atoms with Gasteiger partial charge in [0.25, 0.3) is 0 Å². The van der Waals surface area contributed by atoms with E-state index in [4.69, 9.17) is 12.2 Å². The van der Waals surface area contributed by atoms with Crippen molar-refractivity contribution in [3.8, 4) is 11.5 Å². The van der Waals surface area contributed by atoms with Crippen molar-refractivity contribution >= 4 is 23.1 Å². The van der Waals surface area contributed by atoms with Crippen LogP contribution in [0, 0.1) is 4.77 Å². The second-order valence-electron chi connectivity index (χ2n) is 4.06. The number of aryl methyl sites for hydroxylation is 1. The molecule has 1 N–H and O–H groups in total. The molecule has 17 heavy (non-hydrogen) atoms. The average molecular weight is 244 g/mol. The van der Waals surface area contributed by atoms with Gasteiger partial charge >= 0.3 is 0 Å². The second-order valence-corrected chi connectivity index (χ2v) is 4.45. The quantitative estimate of drug-likeness (QED) is 0.668. The SMILES string of the molecule is Cn1c(-c2cc3ccccc3n2C)n[nH]c1=S.